The molecule has 0 atom stereocenters. The number of carbonyl (C=O) groups excluding carboxylic acids is 1. The molecule has 1 N–H and O–H groups in total. The van der Waals surface area contributed by atoms with Gasteiger partial charge >= 0.3 is 0 Å². The normalized spacial score (nSPS) is 15.5. The number of benzene rings is 2. The van der Waals surface area contributed by atoms with E-state index in [0.29, 0.717) is 19.4 Å². The highest BCUT2D eigenvalue weighted by molar-refractivity contribution is 7.88. The van der Waals surface area contributed by atoms with E-state index in [4.69, 9.17) is 0 Å². The van der Waals surface area contributed by atoms with Crippen molar-refractivity contribution in [1.29, 1.82) is 0 Å². The average Bonchev–Trinajstić information content (AvgIpc) is 3.34. The molecule has 0 spiro atoms. The lowest BCUT2D eigenvalue weighted by Gasteiger charge is -2.30. The van der Waals surface area contributed by atoms with Gasteiger partial charge in [0.05, 0.1) is 17.8 Å². The Balaban J connectivity index is 1.32. The summed E-state index contributed by atoms with van der Waals surface area (Å²) in [5.74, 6) is -1.24. The van der Waals surface area contributed by atoms with Crippen molar-refractivity contribution in [3.63, 3.8) is 0 Å². The van der Waals surface area contributed by atoms with Crippen LogP contribution in [-0.4, -0.2) is 41.3 Å². The number of imidazole rings is 1. The number of piperidine rings is 1. The van der Waals surface area contributed by atoms with Crippen molar-refractivity contribution < 1.29 is 17.6 Å². The summed E-state index contributed by atoms with van der Waals surface area (Å²) in [5, 5.41) is 2.98. The molecule has 1 aliphatic heterocycles. The van der Waals surface area contributed by atoms with Gasteiger partial charge < -0.3 is 9.88 Å². The standard InChI is InChI=1S/C23H25FN4O3S/c24-21-7-3-1-6-20(21)16-32(30,31)28-12-9-18(10-13-28)23(29)26-15-19-5-2-4-8-22(19)27-14-11-25-17-27/h1-8,11,14,17-18H,9-10,12-13,15-16H2,(H,26,29). The van der Waals surface area contributed by atoms with Crippen LogP contribution in [-0.2, 0) is 27.1 Å². The number of carbonyl (C=O) groups is 1. The monoisotopic (exact) mass is 456 g/mol. The SMILES string of the molecule is O=C(NCc1ccccc1-n1ccnc1)C1CCN(S(=O)(=O)Cc2ccccc2F)CC1. The zero-order valence-corrected chi connectivity index (χ0v) is 18.3. The average molecular weight is 457 g/mol. The number of nitrogens with zero attached hydrogens (tertiary/aromatic N) is 3. The van der Waals surface area contributed by atoms with Gasteiger partial charge in [-0.3, -0.25) is 4.79 Å². The Bertz CT molecular complexity index is 1170. The van der Waals surface area contributed by atoms with E-state index in [-0.39, 0.29) is 36.2 Å². The Morgan fingerprint density at radius 2 is 1.75 bits per heavy atom. The van der Waals surface area contributed by atoms with Gasteiger partial charge in [-0.05, 0) is 30.5 Å². The third-order valence-corrected chi connectivity index (χ3v) is 7.57. The predicted molar refractivity (Wildman–Crippen MR) is 119 cm³/mol. The molecule has 1 aromatic heterocycles. The zero-order valence-electron chi connectivity index (χ0n) is 17.5. The summed E-state index contributed by atoms with van der Waals surface area (Å²) >= 11 is 0. The minimum absolute atomic E-state index is 0.0865. The van der Waals surface area contributed by atoms with E-state index in [1.54, 1.807) is 18.6 Å². The topological polar surface area (TPSA) is 84.3 Å². The summed E-state index contributed by atoms with van der Waals surface area (Å²) in [4.78, 5) is 16.8. The third-order valence-electron chi connectivity index (χ3n) is 5.74. The van der Waals surface area contributed by atoms with Crippen LogP contribution in [0.5, 0.6) is 0 Å². The molecule has 1 aliphatic rings. The fourth-order valence-corrected chi connectivity index (χ4v) is 5.52. The van der Waals surface area contributed by atoms with E-state index in [9.17, 15) is 17.6 Å². The first-order valence-electron chi connectivity index (χ1n) is 10.5. The summed E-state index contributed by atoms with van der Waals surface area (Å²) in [6, 6.07) is 13.6. The minimum Gasteiger partial charge on any atom is -0.352 e. The van der Waals surface area contributed by atoms with E-state index in [1.165, 1.54) is 22.5 Å². The maximum absolute atomic E-state index is 13.9. The summed E-state index contributed by atoms with van der Waals surface area (Å²) in [6.45, 7) is 0.875. The zero-order chi connectivity index (χ0) is 22.6. The molecule has 2 heterocycles. The van der Waals surface area contributed by atoms with Crippen molar-refractivity contribution in [3.8, 4) is 5.69 Å². The molecule has 168 valence electrons. The molecule has 0 radical (unpaired) electrons. The second kappa shape index (κ2) is 9.62. The number of aromatic nitrogens is 2. The first kappa shape index (κ1) is 22.2. The van der Waals surface area contributed by atoms with Crippen molar-refractivity contribution in [2.75, 3.05) is 13.1 Å². The molecule has 1 fully saturated rings. The third kappa shape index (κ3) is 5.05. The van der Waals surface area contributed by atoms with Gasteiger partial charge in [0.1, 0.15) is 5.82 Å². The highest BCUT2D eigenvalue weighted by atomic mass is 32.2. The molecular formula is C23H25FN4O3S. The predicted octanol–water partition coefficient (Wildman–Crippen LogP) is 2.87. The molecule has 3 aromatic rings. The Kier molecular flexibility index (Phi) is 6.66. The molecule has 2 aromatic carbocycles. The Morgan fingerprint density at radius 1 is 1.06 bits per heavy atom. The number of halogens is 1. The quantitative estimate of drug-likeness (QED) is 0.593. The van der Waals surface area contributed by atoms with Crippen LogP contribution >= 0.6 is 0 Å². The Labute approximate surface area is 186 Å². The first-order valence-corrected chi connectivity index (χ1v) is 12.1. The largest absolute Gasteiger partial charge is 0.352 e. The van der Waals surface area contributed by atoms with Gasteiger partial charge in [-0.15, -0.1) is 0 Å². The molecule has 7 nitrogen and oxygen atoms in total. The van der Waals surface area contributed by atoms with Gasteiger partial charge in [0.15, 0.2) is 0 Å². The molecule has 0 saturated carbocycles. The van der Waals surface area contributed by atoms with E-state index >= 15 is 0 Å². The second-order valence-corrected chi connectivity index (χ2v) is 9.81. The molecular weight excluding hydrogens is 431 g/mol. The Hall–Kier alpha value is -3.04. The molecule has 1 saturated heterocycles. The van der Waals surface area contributed by atoms with Gasteiger partial charge in [0.25, 0.3) is 0 Å². The summed E-state index contributed by atoms with van der Waals surface area (Å²) in [7, 11) is -3.64. The summed E-state index contributed by atoms with van der Waals surface area (Å²) < 4.78 is 42.5. The second-order valence-electron chi connectivity index (χ2n) is 7.84. The number of sulfonamides is 1. The van der Waals surface area contributed by atoms with Crippen molar-refractivity contribution in [2.24, 2.45) is 5.92 Å². The van der Waals surface area contributed by atoms with Gasteiger partial charge in [0.2, 0.25) is 15.9 Å². The van der Waals surface area contributed by atoms with Crippen LogP contribution < -0.4 is 5.32 Å². The molecule has 32 heavy (non-hydrogen) atoms. The lowest BCUT2D eigenvalue weighted by molar-refractivity contribution is -0.126. The van der Waals surface area contributed by atoms with Crippen LogP contribution in [0, 0.1) is 11.7 Å². The minimum atomic E-state index is -3.64. The van der Waals surface area contributed by atoms with Crippen LogP contribution in [0.1, 0.15) is 24.0 Å². The molecule has 0 aliphatic carbocycles. The Morgan fingerprint density at radius 3 is 2.44 bits per heavy atom. The molecule has 1 amide bonds. The van der Waals surface area contributed by atoms with E-state index < -0.39 is 15.8 Å². The van der Waals surface area contributed by atoms with Gasteiger partial charge in [-0.2, -0.15) is 0 Å². The molecule has 0 bridgehead atoms. The molecule has 9 heteroatoms. The van der Waals surface area contributed by atoms with Gasteiger partial charge in [-0.1, -0.05) is 36.4 Å². The number of hydrogen-bond acceptors (Lipinski definition) is 4. The van der Waals surface area contributed by atoms with E-state index in [2.05, 4.69) is 10.3 Å². The van der Waals surface area contributed by atoms with Crippen molar-refractivity contribution in [1.82, 2.24) is 19.2 Å². The number of hydrogen-bond donors (Lipinski definition) is 1. The summed E-state index contributed by atoms with van der Waals surface area (Å²) in [5.41, 5.74) is 2.06. The van der Waals surface area contributed by atoms with E-state index in [0.717, 1.165) is 11.3 Å². The molecule has 0 unspecified atom stereocenters. The maximum atomic E-state index is 13.9. The number of rotatable bonds is 7. The van der Waals surface area contributed by atoms with Crippen molar-refractivity contribution in [3.05, 3.63) is 84.2 Å². The van der Waals surface area contributed by atoms with Crippen molar-refractivity contribution in [2.45, 2.75) is 25.1 Å². The van der Waals surface area contributed by atoms with Crippen LogP contribution in [0.15, 0.2) is 67.3 Å². The fraction of sp³-hybridized carbons (Fsp3) is 0.304. The first-order chi connectivity index (χ1) is 15.4. The highest BCUT2D eigenvalue weighted by Crippen LogP contribution is 2.23. The maximum Gasteiger partial charge on any atom is 0.223 e. The van der Waals surface area contributed by atoms with Crippen LogP contribution in [0.4, 0.5) is 4.39 Å². The number of amides is 1. The smallest absolute Gasteiger partial charge is 0.223 e. The lowest BCUT2D eigenvalue weighted by Crippen LogP contribution is -2.43. The van der Waals surface area contributed by atoms with Crippen LogP contribution in [0.2, 0.25) is 0 Å². The van der Waals surface area contributed by atoms with Crippen LogP contribution in [0.3, 0.4) is 0 Å². The summed E-state index contributed by atoms with van der Waals surface area (Å²) in [6.07, 6.45) is 6.12. The van der Waals surface area contributed by atoms with Gasteiger partial charge in [0, 0.05) is 43.5 Å². The van der Waals surface area contributed by atoms with Gasteiger partial charge in [-0.25, -0.2) is 22.1 Å². The lowest BCUT2D eigenvalue weighted by atomic mass is 9.97. The fourth-order valence-electron chi connectivity index (χ4n) is 3.94. The molecule has 4 rings (SSSR count). The highest BCUT2D eigenvalue weighted by Gasteiger charge is 2.31. The number of nitrogens with one attached hydrogen (secondary N) is 1. The number of para-hydroxylation sites is 1. The van der Waals surface area contributed by atoms with E-state index in [1.807, 2.05) is 35.0 Å². The van der Waals surface area contributed by atoms with Crippen molar-refractivity contribution >= 4 is 15.9 Å². The van der Waals surface area contributed by atoms with Crippen LogP contribution in [0.25, 0.3) is 5.69 Å².